The highest BCUT2D eigenvalue weighted by Crippen LogP contribution is 2.33. The van der Waals surface area contributed by atoms with Crippen molar-refractivity contribution in [1.82, 2.24) is 9.97 Å². The van der Waals surface area contributed by atoms with E-state index in [0.29, 0.717) is 19.2 Å². The molecule has 2 aromatic rings. The molecule has 5 heteroatoms. The van der Waals surface area contributed by atoms with Crippen LogP contribution in [-0.4, -0.2) is 23.2 Å². The smallest absolute Gasteiger partial charge is 0.198 e. The molecule has 0 radical (unpaired) electrons. The van der Waals surface area contributed by atoms with E-state index in [2.05, 4.69) is 9.97 Å². The summed E-state index contributed by atoms with van der Waals surface area (Å²) < 4.78 is 10.8. The first kappa shape index (κ1) is 7.49. The van der Waals surface area contributed by atoms with Gasteiger partial charge in [0.2, 0.25) is 0 Å². The summed E-state index contributed by atoms with van der Waals surface area (Å²) in [5, 5.41) is 0. The molecule has 1 aliphatic heterocycles. The fourth-order valence-corrected chi connectivity index (χ4v) is 1.57. The molecule has 0 atom stereocenters. The van der Waals surface area contributed by atoms with E-state index in [1.54, 1.807) is 0 Å². The van der Waals surface area contributed by atoms with Crippen LogP contribution in [0.15, 0.2) is 12.1 Å². The quantitative estimate of drug-likeness (QED) is 0.649. The van der Waals surface area contributed by atoms with Crippen molar-refractivity contribution >= 4 is 17.0 Å². The number of ether oxygens (including phenoxy) is 2. The number of anilines is 1. The third-order valence-electron chi connectivity index (χ3n) is 2.16. The molecule has 0 aliphatic carbocycles. The highest BCUT2D eigenvalue weighted by atomic mass is 16.6. The lowest BCUT2D eigenvalue weighted by molar-refractivity contribution is 0.172. The summed E-state index contributed by atoms with van der Waals surface area (Å²) >= 11 is 0. The van der Waals surface area contributed by atoms with Gasteiger partial charge in [-0.05, 0) is 0 Å². The van der Waals surface area contributed by atoms with Gasteiger partial charge in [0.1, 0.15) is 13.2 Å². The van der Waals surface area contributed by atoms with Crippen LogP contribution in [0.4, 0.5) is 5.95 Å². The van der Waals surface area contributed by atoms with E-state index in [1.165, 1.54) is 0 Å². The van der Waals surface area contributed by atoms with Crippen LogP contribution in [0.2, 0.25) is 0 Å². The van der Waals surface area contributed by atoms with Crippen molar-refractivity contribution in [2.75, 3.05) is 18.9 Å². The van der Waals surface area contributed by atoms with E-state index < -0.39 is 0 Å². The van der Waals surface area contributed by atoms with Gasteiger partial charge in [0, 0.05) is 12.1 Å². The molecule has 0 spiro atoms. The Labute approximate surface area is 79.8 Å². The Kier molecular flexibility index (Phi) is 1.36. The summed E-state index contributed by atoms with van der Waals surface area (Å²) in [7, 11) is 0. The summed E-state index contributed by atoms with van der Waals surface area (Å²) in [6.07, 6.45) is 0. The lowest BCUT2D eigenvalue weighted by Crippen LogP contribution is -2.15. The SMILES string of the molecule is Nc1nc2cc3c(cc2[nH]1)OCCO3. The van der Waals surface area contributed by atoms with Gasteiger partial charge in [0.25, 0.3) is 0 Å². The first-order valence-corrected chi connectivity index (χ1v) is 4.38. The standard InChI is InChI=1S/C9H9N3O2/c10-9-11-5-3-7-8(4-6(5)12-9)14-2-1-13-7/h3-4H,1-2H2,(H3,10,11,12). The highest BCUT2D eigenvalue weighted by Gasteiger charge is 2.13. The van der Waals surface area contributed by atoms with Crippen LogP contribution in [0, 0.1) is 0 Å². The molecule has 0 bridgehead atoms. The van der Waals surface area contributed by atoms with Crippen molar-refractivity contribution in [2.45, 2.75) is 0 Å². The molecule has 0 amide bonds. The number of nitrogen functional groups attached to an aromatic ring is 1. The van der Waals surface area contributed by atoms with Crippen LogP contribution in [0.3, 0.4) is 0 Å². The van der Waals surface area contributed by atoms with Gasteiger partial charge in [-0.15, -0.1) is 0 Å². The molecular formula is C9H9N3O2. The van der Waals surface area contributed by atoms with E-state index in [-0.39, 0.29) is 0 Å². The molecule has 0 unspecified atom stereocenters. The van der Waals surface area contributed by atoms with Gasteiger partial charge in [0.05, 0.1) is 11.0 Å². The summed E-state index contributed by atoms with van der Waals surface area (Å²) in [5.74, 6) is 1.88. The minimum Gasteiger partial charge on any atom is -0.486 e. The van der Waals surface area contributed by atoms with E-state index in [9.17, 15) is 0 Å². The minimum absolute atomic E-state index is 0.405. The van der Waals surface area contributed by atoms with E-state index in [4.69, 9.17) is 15.2 Å². The molecular weight excluding hydrogens is 182 g/mol. The number of nitrogens with zero attached hydrogens (tertiary/aromatic N) is 1. The van der Waals surface area contributed by atoms with E-state index in [1.807, 2.05) is 12.1 Å². The molecule has 72 valence electrons. The lowest BCUT2D eigenvalue weighted by Gasteiger charge is -2.17. The van der Waals surface area contributed by atoms with Crippen LogP contribution in [0.5, 0.6) is 11.5 Å². The van der Waals surface area contributed by atoms with E-state index in [0.717, 1.165) is 22.5 Å². The van der Waals surface area contributed by atoms with Crippen LogP contribution >= 0.6 is 0 Å². The molecule has 1 aromatic heterocycles. The second kappa shape index (κ2) is 2.54. The topological polar surface area (TPSA) is 73.2 Å². The second-order valence-corrected chi connectivity index (χ2v) is 3.14. The monoisotopic (exact) mass is 191 g/mol. The van der Waals surface area contributed by atoms with Gasteiger partial charge < -0.3 is 20.2 Å². The van der Waals surface area contributed by atoms with Crippen LogP contribution < -0.4 is 15.2 Å². The Bertz CT molecular complexity index is 449. The van der Waals surface area contributed by atoms with Gasteiger partial charge >= 0.3 is 0 Å². The molecule has 0 saturated heterocycles. The number of H-pyrrole nitrogens is 1. The molecule has 14 heavy (non-hydrogen) atoms. The normalized spacial score (nSPS) is 14.6. The number of aromatic amines is 1. The van der Waals surface area contributed by atoms with Crippen LogP contribution in [-0.2, 0) is 0 Å². The van der Waals surface area contributed by atoms with Crippen LogP contribution in [0.25, 0.3) is 11.0 Å². The van der Waals surface area contributed by atoms with Crippen molar-refractivity contribution < 1.29 is 9.47 Å². The molecule has 0 saturated carbocycles. The van der Waals surface area contributed by atoms with Gasteiger partial charge in [-0.2, -0.15) is 0 Å². The average molecular weight is 191 g/mol. The Morgan fingerprint density at radius 1 is 1.21 bits per heavy atom. The van der Waals surface area contributed by atoms with Gasteiger partial charge in [-0.3, -0.25) is 0 Å². The molecule has 2 heterocycles. The summed E-state index contributed by atoms with van der Waals surface area (Å²) in [5.41, 5.74) is 7.21. The third-order valence-corrected chi connectivity index (χ3v) is 2.16. The number of hydrogen-bond acceptors (Lipinski definition) is 4. The number of rotatable bonds is 0. The zero-order valence-corrected chi connectivity index (χ0v) is 7.41. The van der Waals surface area contributed by atoms with Crippen molar-refractivity contribution in [3.8, 4) is 11.5 Å². The zero-order valence-electron chi connectivity index (χ0n) is 7.41. The maximum atomic E-state index is 5.54. The van der Waals surface area contributed by atoms with E-state index >= 15 is 0 Å². The lowest BCUT2D eigenvalue weighted by atomic mass is 10.2. The number of nitrogens with one attached hydrogen (secondary N) is 1. The summed E-state index contributed by atoms with van der Waals surface area (Å²) in [6, 6.07) is 3.68. The molecule has 1 aliphatic rings. The number of imidazole rings is 1. The molecule has 3 rings (SSSR count). The van der Waals surface area contributed by atoms with Crippen LogP contribution in [0.1, 0.15) is 0 Å². The maximum absolute atomic E-state index is 5.54. The Hall–Kier alpha value is -1.91. The Balaban J connectivity index is 2.26. The number of nitrogens with two attached hydrogens (primary N) is 1. The molecule has 3 N–H and O–H groups in total. The molecule has 1 aromatic carbocycles. The first-order valence-electron chi connectivity index (χ1n) is 4.38. The predicted octanol–water partition coefficient (Wildman–Crippen LogP) is 0.916. The number of aromatic nitrogens is 2. The number of fused-ring (bicyclic) bond motifs is 2. The first-order chi connectivity index (χ1) is 6.83. The Morgan fingerprint density at radius 3 is 2.71 bits per heavy atom. The predicted molar refractivity (Wildman–Crippen MR) is 51.5 cm³/mol. The summed E-state index contributed by atoms with van der Waals surface area (Å²) in [6.45, 7) is 1.17. The zero-order chi connectivity index (χ0) is 9.54. The average Bonchev–Trinajstić information content (AvgIpc) is 2.53. The fraction of sp³-hybridized carbons (Fsp3) is 0.222. The largest absolute Gasteiger partial charge is 0.486 e. The van der Waals surface area contributed by atoms with Gasteiger partial charge in [-0.1, -0.05) is 0 Å². The number of benzene rings is 1. The maximum Gasteiger partial charge on any atom is 0.198 e. The molecule has 0 fully saturated rings. The third kappa shape index (κ3) is 0.985. The summed E-state index contributed by atoms with van der Waals surface area (Å²) in [4.78, 5) is 7.05. The minimum atomic E-state index is 0.405. The van der Waals surface area contributed by atoms with Crippen molar-refractivity contribution in [2.24, 2.45) is 0 Å². The second-order valence-electron chi connectivity index (χ2n) is 3.14. The van der Waals surface area contributed by atoms with Crippen molar-refractivity contribution in [1.29, 1.82) is 0 Å². The number of hydrogen-bond donors (Lipinski definition) is 2. The highest BCUT2D eigenvalue weighted by molar-refractivity contribution is 5.81. The fourth-order valence-electron chi connectivity index (χ4n) is 1.57. The van der Waals surface area contributed by atoms with Gasteiger partial charge in [0.15, 0.2) is 17.4 Å². The Morgan fingerprint density at radius 2 is 1.93 bits per heavy atom. The van der Waals surface area contributed by atoms with Crippen molar-refractivity contribution in [3.63, 3.8) is 0 Å². The molecule has 5 nitrogen and oxygen atoms in total. The van der Waals surface area contributed by atoms with Gasteiger partial charge in [-0.25, -0.2) is 4.98 Å². The van der Waals surface area contributed by atoms with Crippen molar-refractivity contribution in [3.05, 3.63) is 12.1 Å².